The number of nitrogens with one attached hydrogen (secondary N) is 2. The minimum atomic E-state index is 0.270. The van der Waals surface area contributed by atoms with E-state index in [1.165, 1.54) is 31.2 Å². The van der Waals surface area contributed by atoms with Crippen molar-refractivity contribution in [3.8, 4) is 5.75 Å². The molecule has 0 spiro atoms. The third kappa shape index (κ3) is 6.59. The van der Waals surface area contributed by atoms with Gasteiger partial charge in [0.15, 0.2) is 5.96 Å². The fourth-order valence-corrected chi connectivity index (χ4v) is 4.29. The molecule has 2 aliphatic rings. The fraction of sp³-hybridized carbons (Fsp3) is 0.696. The zero-order valence-corrected chi connectivity index (χ0v) is 18.9. The van der Waals surface area contributed by atoms with Crippen molar-refractivity contribution in [1.29, 1.82) is 0 Å². The molecule has 2 fully saturated rings. The number of hydrogen-bond acceptors (Lipinski definition) is 5. The van der Waals surface area contributed by atoms with E-state index >= 15 is 0 Å². The normalized spacial score (nSPS) is 18.6. The Balaban J connectivity index is 1.54. The summed E-state index contributed by atoms with van der Waals surface area (Å²) in [6.07, 6.45) is 5.15. The lowest BCUT2D eigenvalue weighted by Crippen LogP contribution is -2.45. The third-order valence-electron chi connectivity index (χ3n) is 6.10. The number of para-hydroxylation sites is 1. The van der Waals surface area contributed by atoms with Gasteiger partial charge in [-0.15, -0.1) is 0 Å². The van der Waals surface area contributed by atoms with E-state index in [-0.39, 0.29) is 6.04 Å². The molecule has 2 N–H and O–H groups in total. The Labute approximate surface area is 181 Å². The summed E-state index contributed by atoms with van der Waals surface area (Å²) >= 11 is 0. The van der Waals surface area contributed by atoms with Gasteiger partial charge in [-0.05, 0) is 44.8 Å². The van der Waals surface area contributed by atoms with Crippen molar-refractivity contribution in [2.24, 2.45) is 4.99 Å². The SMILES string of the molecule is CN=C(NCCN(CCOC)C1CC1)NCC(c1ccccc1OC)N1CCCC1. The van der Waals surface area contributed by atoms with Crippen LogP contribution in [0, 0.1) is 0 Å². The topological polar surface area (TPSA) is 61.4 Å². The van der Waals surface area contributed by atoms with E-state index in [1.807, 2.05) is 13.1 Å². The summed E-state index contributed by atoms with van der Waals surface area (Å²) in [5.41, 5.74) is 1.24. The van der Waals surface area contributed by atoms with Gasteiger partial charge in [-0.2, -0.15) is 0 Å². The highest BCUT2D eigenvalue weighted by Crippen LogP contribution is 2.31. The second-order valence-corrected chi connectivity index (χ2v) is 8.14. The largest absolute Gasteiger partial charge is 0.496 e. The van der Waals surface area contributed by atoms with Gasteiger partial charge in [0, 0.05) is 51.9 Å². The summed E-state index contributed by atoms with van der Waals surface area (Å²) in [5.74, 6) is 1.81. The van der Waals surface area contributed by atoms with Crippen LogP contribution < -0.4 is 15.4 Å². The summed E-state index contributed by atoms with van der Waals surface area (Å²) in [5, 5.41) is 7.05. The smallest absolute Gasteiger partial charge is 0.191 e. The quantitative estimate of drug-likeness (QED) is 0.401. The molecule has 0 bridgehead atoms. The Kier molecular flexibility index (Phi) is 9.24. The zero-order valence-electron chi connectivity index (χ0n) is 18.9. The first kappa shape index (κ1) is 22.8. The Hall–Kier alpha value is -1.83. The number of guanidine groups is 1. The second-order valence-electron chi connectivity index (χ2n) is 8.14. The van der Waals surface area contributed by atoms with Crippen molar-refractivity contribution < 1.29 is 9.47 Å². The number of likely N-dealkylation sites (tertiary alicyclic amines) is 1. The van der Waals surface area contributed by atoms with Crippen LogP contribution in [-0.4, -0.2) is 88.9 Å². The predicted octanol–water partition coefficient (Wildman–Crippen LogP) is 2.11. The highest BCUT2D eigenvalue weighted by atomic mass is 16.5. The Bertz CT molecular complexity index is 659. The lowest BCUT2D eigenvalue weighted by molar-refractivity contribution is 0.144. The third-order valence-corrected chi connectivity index (χ3v) is 6.10. The molecule has 1 atom stereocenters. The van der Waals surface area contributed by atoms with Crippen molar-refractivity contribution >= 4 is 5.96 Å². The highest BCUT2D eigenvalue weighted by molar-refractivity contribution is 5.79. The van der Waals surface area contributed by atoms with Gasteiger partial charge < -0.3 is 20.1 Å². The van der Waals surface area contributed by atoms with Gasteiger partial charge in [-0.3, -0.25) is 14.8 Å². The maximum absolute atomic E-state index is 5.65. The molecule has 1 aliphatic heterocycles. The molecule has 7 heteroatoms. The molecule has 0 amide bonds. The lowest BCUT2D eigenvalue weighted by Gasteiger charge is -2.30. The second kappa shape index (κ2) is 12.1. The Morgan fingerprint density at radius 2 is 1.93 bits per heavy atom. The molecule has 7 nitrogen and oxygen atoms in total. The molecule has 1 aliphatic carbocycles. The van der Waals surface area contributed by atoms with E-state index in [9.17, 15) is 0 Å². The van der Waals surface area contributed by atoms with Gasteiger partial charge in [-0.25, -0.2) is 0 Å². The summed E-state index contributed by atoms with van der Waals surface area (Å²) in [7, 11) is 5.36. The maximum atomic E-state index is 5.65. The molecule has 3 rings (SSSR count). The van der Waals surface area contributed by atoms with Gasteiger partial charge >= 0.3 is 0 Å². The molecule has 1 aromatic rings. The van der Waals surface area contributed by atoms with Crippen LogP contribution in [0.2, 0.25) is 0 Å². The summed E-state index contributed by atoms with van der Waals surface area (Å²) in [6.45, 7) is 6.74. The van der Waals surface area contributed by atoms with Gasteiger partial charge in [-0.1, -0.05) is 18.2 Å². The molecular weight excluding hydrogens is 378 g/mol. The number of nitrogens with zero attached hydrogens (tertiary/aromatic N) is 3. The Morgan fingerprint density at radius 1 is 1.17 bits per heavy atom. The fourth-order valence-electron chi connectivity index (χ4n) is 4.29. The standard InChI is InChI=1S/C23H39N5O2/c1-24-23(25-12-15-27(16-17-29-2)19-10-11-19)26-18-21(28-13-6-7-14-28)20-8-4-5-9-22(20)30-3/h4-5,8-9,19,21H,6-7,10-18H2,1-3H3,(H2,24,25,26). The Morgan fingerprint density at radius 3 is 2.60 bits per heavy atom. The van der Waals surface area contributed by atoms with Crippen LogP contribution in [0.4, 0.5) is 0 Å². The molecule has 30 heavy (non-hydrogen) atoms. The lowest BCUT2D eigenvalue weighted by atomic mass is 10.0. The minimum Gasteiger partial charge on any atom is -0.496 e. The van der Waals surface area contributed by atoms with Crippen molar-refractivity contribution in [3.05, 3.63) is 29.8 Å². The van der Waals surface area contributed by atoms with Crippen molar-refractivity contribution in [3.63, 3.8) is 0 Å². The van der Waals surface area contributed by atoms with E-state index in [0.717, 1.165) is 63.6 Å². The van der Waals surface area contributed by atoms with Crippen LogP contribution in [0.5, 0.6) is 5.75 Å². The number of methoxy groups -OCH3 is 2. The van der Waals surface area contributed by atoms with Gasteiger partial charge in [0.2, 0.25) is 0 Å². The van der Waals surface area contributed by atoms with Crippen molar-refractivity contribution in [2.45, 2.75) is 37.8 Å². The van der Waals surface area contributed by atoms with E-state index in [4.69, 9.17) is 9.47 Å². The predicted molar refractivity (Wildman–Crippen MR) is 122 cm³/mol. The van der Waals surface area contributed by atoms with Crippen LogP contribution in [0.3, 0.4) is 0 Å². The number of rotatable bonds is 12. The van der Waals surface area contributed by atoms with Crippen LogP contribution >= 0.6 is 0 Å². The van der Waals surface area contributed by atoms with Crippen LogP contribution in [-0.2, 0) is 4.74 Å². The first-order valence-corrected chi connectivity index (χ1v) is 11.3. The summed E-state index contributed by atoms with van der Waals surface area (Å²) in [4.78, 5) is 9.52. The molecular formula is C23H39N5O2. The molecule has 1 heterocycles. The number of aliphatic imine (C=N–C) groups is 1. The first-order chi connectivity index (χ1) is 14.8. The molecule has 0 aromatic heterocycles. The molecule has 0 radical (unpaired) electrons. The van der Waals surface area contributed by atoms with Gasteiger partial charge in [0.05, 0.1) is 19.8 Å². The van der Waals surface area contributed by atoms with Gasteiger partial charge in [0.1, 0.15) is 5.75 Å². The molecule has 1 saturated carbocycles. The van der Waals surface area contributed by atoms with Crippen LogP contribution in [0.25, 0.3) is 0 Å². The molecule has 1 unspecified atom stereocenters. The molecule has 1 saturated heterocycles. The number of hydrogen-bond donors (Lipinski definition) is 2. The summed E-state index contributed by atoms with van der Waals surface area (Å²) in [6, 6.07) is 9.38. The first-order valence-electron chi connectivity index (χ1n) is 11.3. The molecule has 1 aromatic carbocycles. The zero-order chi connectivity index (χ0) is 21.2. The monoisotopic (exact) mass is 417 g/mol. The number of benzene rings is 1. The average molecular weight is 418 g/mol. The van der Waals surface area contributed by atoms with Gasteiger partial charge in [0.25, 0.3) is 0 Å². The van der Waals surface area contributed by atoms with Crippen molar-refractivity contribution in [1.82, 2.24) is 20.4 Å². The number of ether oxygens (including phenoxy) is 2. The highest BCUT2D eigenvalue weighted by Gasteiger charge is 2.28. The molecule has 168 valence electrons. The average Bonchev–Trinajstić information content (AvgIpc) is 3.49. The van der Waals surface area contributed by atoms with E-state index in [1.54, 1.807) is 14.2 Å². The maximum Gasteiger partial charge on any atom is 0.191 e. The summed E-state index contributed by atoms with van der Waals surface area (Å²) < 4.78 is 10.9. The van der Waals surface area contributed by atoms with E-state index in [0.29, 0.717) is 0 Å². The van der Waals surface area contributed by atoms with Crippen LogP contribution in [0.1, 0.15) is 37.3 Å². The minimum absolute atomic E-state index is 0.270. The van der Waals surface area contributed by atoms with Crippen molar-refractivity contribution in [2.75, 3.05) is 67.1 Å². The van der Waals surface area contributed by atoms with Crippen LogP contribution in [0.15, 0.2) is 29.3 Å². The van der Waals surface area contributed by atoms with E-state index in [2.05, 4.69) is 43.6 Å². The van der Waals surface area contributed by atoms with E-state index < -0.39 is 0 Å².